The average molecular weight is 263 g/mol. The molecule has 1 aliphatic rings. The van der Waals surface area contributed by atoms with E-state index in [0.29, 0.717) is 17.3 Å². The van der Waals surface area contributed by atoms with Gasteiger partial charge in [-0.1, -0.05) is 23.2 Å². The molecule has 2 heterocycles. The minimum absolute atomic E-state index is 0.00604. The molecular formula is C10H12Cl2N2O2. The largest absolute Gasteiger partial charge is 0.394 e. The second-order valence-electron chi connectivity index (χ2n) is 3.82. The number of halogens is 2. The summed E-state index contributed by atoms with van der Waals surface area (Å²) in [4.78, 5) is 16.4. The standard InChI is InChI=1S/C10H12Cl2N2O2/c11-7-4-8(13-9(7)12)10(16)14-3-1-2-6(14)5-15/h4,6,13,15H,1-3,5H2. The maximum atomic E-state index is 12.0. The Labute approximate surface area is 103 Å². The summed E-state index contributed by atoms with van der Waals surface area (Å²) in [6, 6.07) is 1.42. The molecule has 6 heteroatoms. The number of amides is 1. The molecule has 1 aromatic heterocycles. The van der Waals surface area contributed by atoms with Crippen LogP contribution in [-0.2, 0) is 0 Å². The Hall–Kier alpha value is -0.710. The third-order valence-corrected chi connectivity index (χ3v) is 3.50. The molecular weight excluding hydrogens is 251 g/mol. The number of nitrogens with zero attached hydrogens (tertiary/aromatic N) is 1. The van der Waals surface area contributed by atoms with Gasteiger partial charge in [-0.2, -0.15) is 0 Å². The van der Waals surface area contributed by atoms with Crippen LogP contribution < -0.4 is 0 Å². The van der Waals surface area contributed by atoms with Crippen LogP contribution >= 0.6 is 23.2 Å². The summed E-state index contributed by atoms with van der Waals surface area (Å²) in [5.74, 6) is -0.162. The predicted molar refractivity (Wildman–Crippen MR) is 62.0 cm³/mol. The van der Waals surface area contributed by atoms with Crippen molar-refractivity contribution in [3.8, 4) is 0 Å². The van der Waals surface area contributed by atoms with Gasteiger partial charge in [0.2, 0.25) is 0 Å². The van der Waals surface area contributed by atoms with Gasteiger partial charge in [-0.25, -0.2) is 0 Å². The molecule has 1 unspecified atom stereocenters. The summed E-state index contributed by atoms with van der Waals surface area (Å²) in [6.45, 7) is 0.659. The summed E-state index contributed by atoms with van der Waals surface area (Å²) >= 11 is 11.5. The van der Waals surface area contributed by atoms with Crippen molar-refractivity contribution in [1.82, 2.24) is 9.88 Å². The van der Waals surface area contributed by atoms with E-state index < -0.39 is 0 Å². The maximum absolute atomic E-state index is 12.0. The van der Waals surface area contributed by atoms with Crippen LogP contribution in [0.15, 0.2) is 6.07 Å². The van der Waals surface area contributed by atoms with Gasteiger partial charge in [0, 0.05) is 6.54 Å². The number of carbonyl (C=O) groups is 1. The van der Waals surface area contributed by atoms with Crippen molar-refractivity contribution < 1.29 is 9.90 Å². The van der Waals surface area contributed by atoms with Crippen LogP contribution in [0, 0.1) is 0 Å². The molecule has 1 saturated heterocycles. The number of aromatic amines is 1. The summed E-state index contributed by atoms with van der Waals surface area (Å²) in [5, 5.41) is 9.74. The highest BCUT2D eigenvalue weighted by Crippen LogP contribution is 2.25. The van der Waals surface area contributed by atoms with E-state index in [1.807, 2.05) is 0 Å². The van der Waals surface area contributed by atoms with E-state index in [4.69, 9.17) is 28.3 Å². The molecule has 0 spiro atoms. The summed E-state index contributed by atoms with van der Waals surface area (Å²) in [6.07, 6.45) is 1.75. The number of likely N-dealkylation sites (tertiary alicyclic amines) is 1. The van der Waals surface area contributed by atoms with Crippen LogP contribution in [-0.4, -0.2) is 40.1 Å². The second kappa shape index (κ2) is 4.65. The third-order valence-electron chi connectivity index (χ3n) is 2.80. The van der Waals surface area contributed by atoms with Gasteiger partial charge < -0.3 is 15.0 Å². The van der Waals surface area contributed by atoms with Crippen LogP contribution in [0.1, 0.15) is 23.3 Å². The SMILES string of the molecule is O=C(c1cc(Cl)c(Cl)[nH]1)N1CCCC1CO. The van der Waals surface area contributed by atoms with Gasteiger partial charge in [0.15, 0.2) is 0 Å². The van der Waals surface area contributed by atoms with Crippen molar-refractivity contribution in [3.05, 3.63) is 21.9 Å². The first-order valence-corrected chi connectivity index (χ1v) is 5.85. The molecule has 1 atom stereocenters. The number of aliphatic hydroxyl groups excluding tert-OH is 1. The van der Waals surface area contributed by atoms with E-state index >= 15 is 0 Å². The van der Waals surface area contributed by atoms with E-state index in [2.05, 4.69) is 4.98 Å². The molecule has 0 saturated carbocycles. The topological polar surface area (TPSA) is 56.3 Å². The second-order valence-corrected chi connectivity index (χ2v) is 4.61. The van der Waals surface area contributed by atoms with Crippen LogP contribution in [0.25, 0.3) is 0 Å². The number of H-pyrrole nitrogens is 1. The van der Waals surface area contributed by atoms with Crippen LogP contribution in [0.4, 0.5) is 0 Å². The van der Waals surface area contributed by atoms with E-state index in [0.717, 1.165) is 12.8 Å². The van der Waals surface area contributed by atoms with E-state index in [9.17, 15) is 4.79 Å². The lowest BCUT2D eigenvalue weighted by Gasteiger charge is -2.22. The van der Waals surface area contributed by atoms with E-state index in [1.54, 1.807) is 4.90 Å². The molecule has 0 aliphatic carbocycles. The minimum atomic E-state index is -0.162. The summed E-state index contributed by atoms with van der Waals surface area (Å²) < 4.78 is 0. The molecule has 4 nitrogen and oxygen atoms in total. The van der Waals surface area contributed by atoms with Crippen LogP contribution in [0.3, 0.4) is 0 Å². The Bertz CT molecular complexity index is 386. The average Bonchev–Trinajstić information content (AvgIpc) is 2.85. The van der Waals surface area contributed by atoms with Crippen molar-refractivity contribution in [1.29, 1.82) is 0 Å². The zero-order chi connectivity index (χ0) is 11.7. The highest BCUT2D eigenvalue weighted by Gasteiger charge is 2.29. The van der Waals surface area contributed by atoms with Gasteiger partial charge in [0.05, 0.1) is 17.7 Å². The molecule has 2 rings (SSSR count). The third kappa shape index (κ3) is 2.05. The minimum Gasteiger partial charge on any atom is -0.394 e. The Kier molecular flexibility index (Phi) is 3.42. The number of nitrogens with one attached hydrogen (secondary N) is 1. The van der Waals surface area contributed by atoms with E-state index in [-0.39, 0.29) is 23.7 Å². The van der Waals surface area contributed by atoms with Gasteiger partial charge in [-0.3, -0.25) is 4.79 Å². The smallest absolute Gasteiger partial charge is 0.270 e. The fourth-order valence-corrected chi connectivity index (χ4v) is 2.28. The Morgan fingerprint density at radius 1 is 1.62 bits per heavy atom. The van der Waals surface area contributed by atoms with Crippen LogP contribution in [0.2, 0.25) is 10.2 Å². The fraction of sp³-hybridized carbons (Fsp3) is 0.500. The van der Waals surface area contributed by atoms with E-state index in [1.165, 1.54) is 6.07 Å². The number of rotatable bonds is 2. The maximum Gasteiger partial charge on any atom is 0.270 e. The summed E-state index contributed by atoms with van der Waals surface area (Å²) in [5.41, 5.74) is 0.371. The Morgan fingerprint density at radius 2 is 2.38 bits per heavy atom. The molecule has 1 aliphatic heterocycles. The molecule has 1 fully saturated rings. The van der Waals surface area contributed by atoms with Gasteiger partial charge in [0.1, 0.15) is 10.8 Å². The molecule has 88 valence electrons. The first kappa shape index (κ1) is 11.8. The first-order valence-electron chi connectivity index (χ1n) is 5.09. The lowest BCUT2D eigenvalue weighted by atomic mass is 10.2. The predicted octanol–water partition coefficient (Wildman–Crippen LogP) is 1.92. The number of hydrogen-bond donors (Lipinski definition) is 2. The quantitative estimate of drug-likeness (QED) is 0.856. The van der Waals surface area contributed by atoms with Crippen molar-refractivity contribution in [2.45, 2.75) is 18.9 Å². The molecule has 0 radical (unpaired) electrons. The van der Waals surface area contributed by atoms with Crippen molar-refractivity contribution in [2.75, 3.05) is 13.2 Å². The van der Waals surface area contributed by atoms with Crippen LogP contribution in [0.5, 0.6) is 0 Å². The number of aromatic nitrogens is 1. The highest BCUT2D eigenvalue weighted by atomic mass is 35.5. The summed E-state index contributed by atoms with van der Waals surface area (Å²) in [7, 11) is 0. The highest BCUT2D eigenvalue weighted by molar-refractivity contribution is 6.41. The monoisotopic (exact) mass is 262 g/mol. The molecule has 16 heavy (non-hydrogen) atoms. The number of aliphatic hydroxyl groups is 1. The lowest BCUT2D eigenvalue weighted by molar-refractivity contribution is 0.0672. The van der Waals surface area contributed by atoms with Gasteiger partial charge in [-0.15, -0.1) is 0 Å². The fourth-order valence-electron chi connectivity index (χ4n) is 1.97. The normalized spacial score (nSPS) is 20.4. The molecule has 1 amide bonds. The van der Waals surface area contributed by atoms with Crippen molar-refractivity contribution in [3.63, 3.8) is 0 Å². The molecule has 0 aromatic carbocycles. The number of hydrogen-bond acceptors (Lipinski definition) is 2. The zero-order valence-corrected chi connectivity index (χ0v) is 10.1. The zero-order valence-electron chi connectivity index (χ0n) is 8.54. The molecule has 2 N–H and O–H groups in total. The van der Waals surface area contributed by atoms with Crippen molar-refractivity contribution in [2.24, 2.45) is 0 Å². The lowest BCUT2D eigenvalue weighted by Crippen LogP contribution is -2.37. The first-order chi connectivity index (χ1) is 7.63. The Balaban J connectivity index is 2.18. The number of carbonyl (C=O) groups excluding carboxylic acids is 1. The van der Waals surface area contributed by atoms with Gasteiger partial charge >= 0.3 is 0 Å². The Morgan fingerprint density at radius 3 is 2.94 bits per heavy atom. The van der Waals surface area contributed by atoms with Gasteiger partial charge in [-0.05, 0) is 18.9 Å². The van der Waals surface area contributed by atoms with Crippen molar-refractivity contribution >= 4 is 29.1 Å². The molecule has 1 aromatic rings. The molecule has 0 bridgehead atoms. The van der Waals surface area contributed by atoms with Gasteiger partial charge in [0.25, 0.3) is 5.91 Å².